The van der Waals surface area contributed by atoms with Gasteiger partial charge in [-0.25, -0.2) is 4.79 Å². The van der Waals surface area contributed by atoms with Crippen molar-refractivity contribution in [1.82, 2.24) is 10.2 Å². The van der Waals surface area contributed by atoms with Crippen molar-refractivity contribution >= 4 is 22.7 Å². The Balaban J connectivity index is 1.63. The lowest BCUT2D eigenvalue weighted by atomic mass is 9.96. The summed E-state index contributed by atoms with van der Waals surface area (Å²) in [6, 6.07) is 14.0. The van der Waals surface area contributed by atoms with Crippen LogP contribution in [-0.4, -0.2) is 36.0 Å². The zero-order valence-corrected chi connectivity index (χ0v) is 13.9. The molecule has 2 aromatic rings. The summed E-state index contributed by atoms with van der Waals surface area (Å²) >= 11 is 0. The summed E-state index contributed by atoms with van der Waals surface area (Å²) in [7, 11) is 0. The molecule has 2 aromatic carbocycles. The standard InChI is InChI=1S/C19H23N3O2/c1-13(15-7-6-14-4-2-3-5-16(14)12-15)18(23)21-17-8-10-22(11-9-17)19(20)24/h2-7,12-13,17H,8-11H2,1H3,(H2,20,24)(H,21,23)/t13-/m1/s1. The third kappa shape index (κ3) is 3.50. The van der Waals surface area contributed by atoms with E-state index < -0.39 is 0 Å². The number of hydrogen-bond acceptors (Lipinski definition) is 2. The number of piperidine rings is 1. The minimum Gasteiger partial charge on any atom is -0.353 e. The van der Waals surface area contributed by atoms with E-state index >= 15 is 0 Å². The zero-order chi connectivity index (χ0) is 17.1. The second kappa shape index (κ2) is 6.91. The van der Waals surface area contributed by atoms with Gasteiger partial charge < -0.3 is 16.0 Å². The molecule has 0 spiro atoms. The van der Waals surface area contributed by atoms with Gasteiger partial charge in [0.05, 0.1) is 5.92 Å². The van der Waals surface area contributed by atoms with E-state index in [2.05, 4.69) is 29.6 Å². The molecule has 24 heavy (non-hydrogen) atoms. The first kappa shape index (κ1) is 16.3. The summed E-state index contributed by atoms with van der Waals surface area (Å²) in [6.45, 7) is 3.13. The molecule has 1 saturated heterocycles. The Labute approximate surface area is 141 Å². The lowest BCUT2D eigenvalue weighted by Gasteiger charge is -2.31. The lowest BCUT2D eigenvalue weighted by molar-refractivity contribution is -0.123. The maximum atomic E-state index is 12.5. The highest BCUT2D eigenvalue weighted by atomic mass is 16.2. The summed E-state index contributed by atoms with van der Waals surface area (Å²) in [5.41, 5.74) is 6.30. The fraction of sp³-hybridized carbons (Fsp3) is 0.368. The number of benzene rings is 2. The summed E-state index contributed by atoms with van der Waals surface area (Å²) in [5, 5.41) is 5.42. The number of nitrogens with zero attached hydrogens (tertiary/aromatic N) is 1. The molecule has 0 aromatic heterocycles. The number of amides is 3. The van der Waals surface area contributed by atoms with E-state index in [1.54, 1.807) is 4.90 Å². The van der Waals surface area contributed by atoms with E-state index in [1.165, 1.54) is 5.39 Å². The summed E-state index contributed by atoms with van der Waals surface area (Å²) in [5.74, 6) is -0.174. The number of nitrogens with one attached hydrogen (secondary N) is 1. The molecule has 3 rings (SSSR count). The summed E-state index contributed by atoms with van der Waals surface area (Å²) < 4.78 is 0. The topological polar surface area (TPSA) is 75.4 Å². The Hall–Kier alpha value is -2.56. The van der Waals surface area contributed by atoms with E-state index in [9.17, 15) is 9.59 Å². The highest BCUT2D eigenvalue weighted by Crippen LogP contribution is 2.22. The van der Waals surface area contributed by atoms with Crippen molar-refractivity contribution in [1.29, 1.82) is 0 Å². The zero-order valence-electron chi connectivity index (χ0n) is 13.9. The molecule has 0 unspecified atom stereocenters. The monoisotopic (exact) mass is 325 g/mol. The predicted molar refractivity (Wildman–Crippen MR) is 94.7 cm³/mol. The van der Waals surface area contributed by atoms with Crippen molar-refractivity contribution in [3.05, 3.63) is 48.0 Å². The van der Waals surface area contributed by atoms with Gasteiger partial charge >= 0.3 is 6.03 Å². The average Bonchev–Trinajstić information content (AvgIpc) is 2.61. The highest BCUT2D eigenvalue weighted by Gasteiger charge is 2.24. The van der Waals surface area contributed by atoms with E-state index in [0.717, 1.165) is 23.8 Å². The maximum absolute atomic E-state index is 12.5. The van der Waals surface area contributed by atoms with E-state index in [4.69, 9.17) is 5.73 Å². The van der Waals surface area contributed by atoms with Gasteiger partial charge in [-0.15, -0.1) is 0 Å². The van der Waals surface area contributed by atoms with Crippen LogP contribution in [-0.2, 0) is 4.79 Å². The number of rotatable bonds is 3. The predicted octanol–water partition coefficient (Wildman–Crippen LogP) is 2.60. The Morgan fingerprint density at radius 2 is 1.79 bits per heavy atom. The smallest absolute Gasteiger partial charge is 0.314 e. The molecular weight excluding hydrogens is 302 g/mol. The van der Waals surface area contributed by atoms with Gasteiger partial charge in [-0.1, -0.05) is 42.5 Å². The van der Waals surface area contributed by atoms with Crippen molar-refractivity contribution in [2.24, 2.45) is 5.73 Å². The van der Waals surface area contributed by atoms with Gasteiger partial charge in [-0.3, -0.25) is 4.79 Å². The summed E-state index contributed by atoms with van der Waals surface area (Å²) in [4.78, 5) is 25.3. The van der Waals surface area contributed by atoms with Gasteiger partial charge in [0.1, 0.15) is 0 Å². The molecule has 5 nitrogen and oxygen atoms in total. The first-order chi connectivity index (χ1) is 11.5. The van der Waals surface area contributed by atoms with Crippen molar-refractivity contribution < 1.29 is 9.59 Å². The number of urea groups is 1. The van der Waals surface area contributed by atoms with Crippen LogP contribution < -0.4 is 11.1 Å². The molecule has 1 atom stereocenters. The van der Waals surface area contributed by atoms with Crippen molar-refractivity contribution in [2.75, 3.05) is 13.1 Å². The second-order valence-electron chi connectivity index (χ2n) is 6.44. The van der Waals surface area contributed by atoms with Crippen LogP contribution in [0.3, 0.4) is 0 Å². The second-order valence-corrected chi connectivity index (χ2v) is 6.44. The van der Waals surface area contributed by atoms with Crippen LogP contribution in [0.15, 0.2) is 42.5 Å². The molecule has 1 fully saturated rings. The normalized spacial score (nSPS) is 16.8. The number of nitrogens with two attached hydrogens (primary N) is 1. The number of likely N-dealkylation sites (tertiary alicyclic amines) is 1. The van der Waals surface area contributed by atoms with E-state index in [1.807, 2.05) is 25.1 Å². The molecule has 3 amide bonds. The molecular formula is C19H23N3O2. The van der Waals surface area contributed by atoms with E-state index in [-0.39, 0.29) is 23.9 Å². The Bertz CT molecular complexity index is 751. The number of hydrogen-bond donors (Lipinski definition) is 2. The third-order valence-corrected chi connectivity index (χ3v) is 4.82. The Morgan fingerprint density at radius 1 is 1.12 bits per heavy atom. The van der Waals surface area contributed by atoms with Crippen molar-refractivity contribution in [2.45, 2.75) is 31.7 Å². The molecule has 3 N–H and O–H groups in total. The third-order valence-electron chi connectivity index (χ3n) is 4.82. The Morgan fingerprint density at radius 3 is 2.46 bits per heavy atom. The van der Waals surface area contributed by atoms with Gasteiger partial charge in [0.25, 0.3) is 0 Å². The average molecular weight is 325 g/mol. The van der Waals surface area contributed by atoms with Crippen LogP contribution in [0.5, 0.6) is 0 Å². The molecule has 126 valence electrons. The fourth-order valence-corrected chi connectivity index (χ4v) is 3.20. The van der Waals surface area contributed by atoms with Gasteiger partial charge in [-0.2, -0.15) is 0 Å². The first-order valence-electron chi connectivity index (χ1n) is 8.38. The molecule has 0 aliphatic carbocycles. The quantitative estimate of drug-likeness (QED) is 0.910. The molecule has 1 heterocycles. The van der Waals surface area contributed by atoms with Crippen LogP contribution >= 0.6 is 0 Å². The number of carbonyl (C=O) groups is 2. The number of primary amides is 1. The van der Waals surface area contributed by atoms with E-state index in [0.29, 0.717) is 13.1 Å². The van der Waals surface area contributed by atoms with Crippen molar-refractivity contribution in [3.8, 4) is 0 Å². The van der Waals surface area contributed by atoms with Gasteiger partial charge in [0, 0.05) is 19.1 Å². The largest absolute Gasteiger partial charge is 0.353 e. The van der Waals surface area contributed by atoms with Crippen LogP contribution in [0.25, 0.3) is 10.8 Å². The molecule has 0 saturated carbocycles. The fourth-order valence-electron chi connectivity index (χ4n) is 3.20. The highest BCUT2D eigenvalue weighted by molar-refractivity contribution is 5.87. The SMILES string of the molecule is C[C@@H](C(=O)NC1CCN(C(N)=O)CC1)c1ccc2ccccc2c1. The number of carbonyl (C=O) groups excluding carboxylic acids is 2. The molecule has 0 bridgehead atoms. The van der Waals surface area contributed by atoms with Crippen LogP contribution in [0.2, 0.25) is 0 Å². The lowest BCUT2D eigenvalue weighted by Crippen LogP contribution is -2.48. The Kier molecular flexibility index (Phi) is 4.69. The molecule has 0 radical (unpaired) electrons. The maximum Gasteiger partial charge on any atom is 0.314 e. The van der Waals surface area contributed by atoms with Gasteiger partial charge in [0.15, 0.2) is 0 Å². The first-order valence-corrected chi connectivity index (χ1v) is 8.38. The van der Waals surface area contributed by atoms with Crippen LogP contribution in [0.4, 0.5) is 4.79 Å². The van der Waals surface area contributed by atoms with Gasteiger partial charge in [-0.05, 0) is 36.1 Å². The molecule has 1 aliphatic rings. The number of fused-ring (bicyclic) bond motifs is 1. The molecule has 5 heteroatoms. The minimum atomic E-state index is -0.385. The van der Waals surface area contributed by atoms with Crippen LogP contribution in [0, 0.1) is 0 Å². The summed E-state index contributed by atoms with van der Waals surface area (Å²) in [6.07, 6.45) is 1.50. The molecule has 1 aliphatic heterocycles. The van der Waals surface area contributed by atoms with Gasteiger partial charge in [0.2, 0.25) is 5.91 Å². The van der Waals surface area contributed by atoms with Crippen molar-refractivity contribution in [3.63, 3.8) is 0 Å². The minimum absolute atomic E-state index is 0.0304. The van der Waals surface area contributed by atoms with Crippen LogP contribution in [0.1, 0.15) is 31.2 Å².